The Balaban J connectivity index is 1.69. The highest BCUT2D eigenvalue weighted by Crippen LogP contribution is 2.18. The minimum Gasteiger partial charge on any atom is -0.459 e. The fraction of sp³-hybridized carbons (Fsp3) is 0.533. The van der Waals surface area contributed by atoms with Crippen molar-refractivity contribution in [1.82, 2.24) is 5.32 Å². The lowest BCUT2D eigenvalue weighted by Crippen LogP contribution is -2.27. The summed E-state index contributed by atoms with van der Waals surface area (Å²) in [5, 5.41) is 3.32. The molecule has 0 radical (unpaired) electrons. The van der Waals surface area contributed by atoms with Crippen LogP contribution in [0.2, 0.25) is 0 Å². The van der Waals surface area contributed by atoms with Crippen LogP contribution in [0.25, 0.3) is 0 Å². The molecule has 0 aromatic heterocycles. The van der Waals surface area contributed by atoms with E-state index in [4.69, 9.17) is 9.47 Å². The van der Waals surface area contributed by atoms with Gasteiger partial charge in [-0.3, -0.25) is 0 Å². The fourth-order valence-corrected chi connectivity index (χ4v) is 2.62. The number of nitrogens with one attached hydrogen (secondary N) is 1. The first-order valence-electron chi connectivity index (χ1n) is 6.94. The van der Waals surface area contributed by atoms with Crippen LogP contribution in [0.15, 0.2) is 18.2 Å². The van der Waals surface area contributed by atoms with Gasteiger partial charge < -0.3 is 14.8 Å². The zero-order chi connectivity index (χ0) is 13.1. The molecule has 1 N–H and O–H groups in total. The van der Waals surface area contributed by atoms with Gasteiger partial charge in [0.15, 0.2) is 0 Å². The molecule has 0 bridgehead atoms. The Morgan fingerprint density at radius 2 is 2.11 bits per heavy atom. The van der Waals surface area contributed by atoms with Crippen molar-refractivity contribution >= 4 is 5.97 Å². The maximum atomic E-state index is 12.1. The second-order valence-corrected chi connectivity index (χ2v) is 5.13. The third kappa shape index (κ3) is 2.96. The quantitative estimate of drug-likeness (QED) is 0.823. The predicted molar refractivity (Wildman–Crippen MR) is 71.1 cm³/mol. The highest BCUT2D eigenvalue weighted by Gasteiger charge is 2.20. The van der Waals surface area contributed by atoms with Gasteiger partial charge >= 0.3 is 5.97 Å². The number of hydrogen-bond acceptors (Lipinski definition) is 4. The van der Waals surface area contributed by atoms with E-state index in [1.807, 2.05) is 12.1 Å². The summed E-state index contributed by atoms with van der Waals surface area (Å²) in [7, 11) is 0. The second-order valence-electron chi connectivity index (χ2n) is 5.13. The van der Waals surface area contributed by atoms with Crippen LogP contribution in [0, 0.1) is 0 Å². The van der Waals surface area contributed by atoms with Gasteiger partial charge in [-0.15, -0.1) is 0 Å². The Kier molecular flexibility index (Phi) is 3.80. The van der Waals surface area contributed by atoms with Crippen molar-refractivity contribution in [3.63, 3.8) is 0 Å². The first-order valence-corrected chi connectivity index (χ1v) is 6.94. The van der Waals surface area contributed by atoms with Crippen molar-refractivity contribution in [3.8, 4) is 0 Å². The van der Waals surface area contributed by atoms with E-state index >= 15 is 0 Å². The van der Waals surface area contributed by atoms with Crippen molar-refractivity contribution in [2.75, 3.05) is 19.8 Å². The van der Waals surface area contributed by atoms with E-state index in [0.29, 0.717) is 18.8 Å². The largest absolute Gasteiger partial charge is 0.459 e. The molecule has 2 aliphatic heterocycles. The summed E-state index contributed by atoms with van der Waals surface area (Å²) in [6.07, 6.45) is 2.65. The van der Waals surface area contributed by atoms with E-state index in [1.54, 1.807) is 0 Å². The molecule has 0 unspecified atom stereocenters. The molecule has 2 heterocycles. The number of rotatable bonds is 2. The Morgan fingerprint density at radius 3 is 2.95 bits per heavy atom. The number of carbonyl (C=O) groups is 1. The van der Waals surface area contributed by atoms with E-state index in [-0.39, 0.29) is 12.1 Å². The molecule has 4 heteroatoms. The third-order valence-corrected chi connectivity index (χ3v) is 3.77. The summed E-state index contributed by atoms with van der Waals surface area (Å²) in [5.41, 5.74) is 3.21. The first-order chi connectivity index (χ1) is 9.33. The molecule has 1 fully saturated rings. The van der Waals surface area contributed by atoms with Crippen LogP contribution in [0.5, 0.6) is 0 Å². The summed E-state index contributed by atoms with van der Waals surface area (Å²) >= 11 is 0. The predicted octanol–water partition coefficient (Wildman–Crippen LogP) is 1.67. The van der Waals surface area contributed by atoms with E-state index in [2.05, 4.69) is 11.4 Å². The lowest BCUT2D eigenvalue weighted by atomic mass is 9.98. The lowest BCUT2D eigenvalue weighted by Gasteiger charge is -2.23. The monoisotopic (exact) mass is 261 g/mol. The van der Waals surface area contributed by atoms with E-state index in [0.717, 1.165) is 32.4 Å². The number of esters is 1. The van der Waals surface area contributed by atoms with Gasteiger partial charge in [-0.05, 0) is 36.2 Å². The summed E-state index contributed by atoms with van der Waals surface area (Å²) in [6.45, 7) is 3.23. The zero-order valence-corrected chi connectivity index (χ0v) is 11.0. The summed E-state index contributed by atoms with van der Waals surface area (Å²) < 4.78 is 10.8. The van der Waals surface area contributed by atoms with Gasteiger partial charge in [0.2, 0.25) is 0 Å². The molecule has 2 aliphatic rings. The fourth-order valence-electron chi connectivity index (χ4n) is 2.62. The number of hydrogen-bond donors (Lipinski definition) is 1. The van der Waals surface area contributed by atoms with E-state index in [9.17, 15) is 4.79 Å². The van der Waals surface area contributed by atoms with Crippen LogP contribution in [-0.4, -0.2) is 31.8 Å². The number of benzene rings is 1. The maximum absolute atomic E-state index is 12.1. The van der Waals surface area contributed by atoms with E-state index in [1.165, 1.54) is 11.1 Å². The van der Waals surface area contributed by atoms with Gasteiger partial charge in [0.25, 0.3) is 0 Å². The van der Waals surface area contributed by atoms with E-state index < -0.39 is 0 Å². The molecule has 0 amide bonds. The van der Waals surface area contributed by atoms with Crippen molar-refractivity contribution in [3.05, 3.63) is 34.9 Å². The second kappa shape index (κ2) is 5.72. The van der Waals surface area contributed by atoms with Crippen LogP contribution >= 0.6 is 0 Å². The molecule has 1 aromatic carbocycles. The van der Waals surface area contributed by atoms with Crippen LogP contribution < -0.4 is 5.32 Å². The zero-order valence-electron chi connectivity index (χ0n) is 11.0. The molecular weight excluding hydrogens is 242 g/mol. The summed E-state index contributed by atoms with van der Waals surface area (Å²) in [4.78, 5) is 12.1. The highest BCUT2D eigenvalue weighted by molar-refractivity contribution is 5.89. The Labute approximate surface area is 113 Å². The standard InChI is InChI=1S/C15H19NO3/c17-15(19-14-4-7-18-8-5-14)12-2-1-11-3-6-16-10-13(11)9-12/h1-2,9,14,16H,3-8,10H2. The van der Waals surface area contributed by atoms with Gasteiger partial charge in [0.05, 0.1) is 18.8 Å². The molecule has 1 aromatic rings. The van der Waals surface area contributed by atoms with Crippen LogP contribution in [0.3, 0.4) is 0 Å². The molecule has 1 saturated heterocycles. The molecule has 102 valence electrons. The average Bonchev–Trinajstić information content (AvgIpc) is 2.48. The molecule has 0 spiro atoms. The molecular formula is C15H19NO3. The SMILES string of the molecule is O=C(OC1CCOCC1)c1ccc2c(c1)CNCC2. The lowest BCUT2D eigenvalue weighted by molar-refractivity contribution is -0.0159. The van der Waals surface area contributed by atoms with Gasteiger partial charge in [0.1, 0.15) is 6.10 Å². The van der Waals surface area contributed by atoms with Crippen molar-refractivity contribution in [2.45, 2.75) is 31.9 Å². The number of fused-ring (bicyclic) bond motifs is 1. The molecule has 0 saturated carbocycles. The van der Waals surface area contributed by atoms with Crippen LogP contribution in [-0.2, 0) is 22.4 Å². The number of carbonyl (C=O) groups excluding carboxylic acids is 1. The molecule has 0 atom stereocenters. The maximum Gasteiger partial charge on any atom is 0.338 e. The number of ether oxygens (including phenoxy) is 2. The van der Waals surface area contributed by atoms with Gasteiger partial charge in [0, 0.05) is 19.4 Å². The van der Waals surface area contributed by atoms with Crippen molar-refractivity contribution in [1.29, 1.82) is 0 Å². The van der Waals surface area contributed by atoms with Crippen molar-refractivity contribution < 1.29 is 14.3 Å². The smallest absolute Gasteiger partial charge is 0.338 e. The molecule has 4 nitrogen and oxygen atoms in total. The third-order valence-electron chi connectivity index (χ3n) is 3.77. The van der Waals surface area contributed by atoms with Gasteiger partial charge in [-0.25, -0.2) is 4.79 Å². The Morgan fingerprint density at radius 1 is 1.26 bits per heavy atom. The minimum atomic E-state index is -0.208. The molecule has 3 rings (SSSR count). The van der Waals surface area contributed by atoms with Crippen LogP contribution in [0.1, 0.15) is 34.3 Å². The summed E-state index contributed by atoms with van der Waals surface area (Å²) in [5.74, 6) is -0.208. The summed E-state index contributed by atoms with van der Waals surface area (Å²) in [6, 6.07) is 5.89. The average molecular weight is 261 g/mol. The normalized spacial score (nSPS) is 19.8. The van der Waals surface area contributed by atoms with Gasteiger partial charge in [-0.1, -0.05) is 6.07 Å². The van der Waals surface area contributed by atoms with Crippen LogP contribution in [0.4, 0.5) is 0 Å². The Bertz CT molecular complexity index is 466. The topological polar surface area (TPSA) is 47.6 Å². The molecule has 0 aliphatic carbocycles. The molecule has 19 heavy (non-hydrogen) atoms. The Hall–Kier alpha value is -1.39. The van der Waals surface area contributed by atoms with Gasteiger partial charge in [-0.2, -0.15) is 0 Å². The minimum absolute atomic E-state index is 0.00964. The highest BCUT2D eigenvalue weighted by atomic mass is 16.6. The first kappa shape index (κ1) is 12.6. The van der Waals surface area contributed by atoms with Crippen molar-refractivity contribution in [2.24, 2.45) is 0 Å².